The number of benzene rings is 1. The Hall–Kier alpha value is -2.61. The summed E-state index contributed by atoms with van der Waals surface area (Å²) in [6.07, 6.45) is 2.31. The van der Waals surface area contributed by atoms with Gasteiger partial charge in [-0.15, -0.1) is 0 Å². The quantitative estimate of drug-likeness (QED) is 0.849. The third-order valence-corrected chi connectivity index (χ3v) is 4.59. The standard InChI is InChI=1S/C16H16N4O3S/c1-4-13-19-20-14(17)11(15(21)18-16(20)24-13)8-9-7-10(22-2)5-6-12(9)23-3/h5-8,17H,4H2,1-3H3. The van der Waals surface area contributed by atoms with Gasteiger partial charge in [-0.1, -0.05) is 6.92 Å². The zero-order valence-corrected chi connectivity index (χ0v) is 14.3. The number of carbonyl (C=O) groups is 1. The molecule has 0 spiro atoms. The molecule has 0 atom stereocenters. The maximum absolute atomic E-state index is 12.3. The molecule has 0 saturated heterocycles. The average Bonchev–Trinajstić information content (AvgIpc) is 3.01. The van der Waals surface area contributed by atoms with Gasteiger partial charge in [-0.25, -0.2) is 0 Å². The number of thioether (sulfide) groups is 1. The lowest BCUT2D eigenvalue weighted by molar-refractivity contribution is -0.114. The van der Waals surface area contributed by atoms with E-state index in [2.05, 4.69) is 10.1 Å². The molecule has 2 aliphatic rings. The van der Waals surface area contributed by atoms with Gasteiger partial charge in [-0.3, -0.25) is 10.2 Å². The maximum atomic E-state index is 12.3. The Kier molecular flexibility index (Phi) is 4.39. The van der Waals surface area contributed by atoms with Gasteiger partial charge in [0.2, 0.25) is 5.17 Å². The van der Waals surface area contributed by atoms with Gasteiger partial charge in [-0.05, 0) is 42.5 Å². The number of fused-ring (bicyclic) bond motifs is 1. The Bertz CT molecular complexity index is 814. The van der Waals surface area contributed by atoms with Crippen LogP contribution in [0.4, 0.5) is 0 Å². The van der Waals surface area contributed by atoms with Gasteiger partial charge in [0.25, 0.3) is 5.91 Å². The van der Waals surface area contributed by atoms with Crippen LogP contribution in [-0.2, 0) is 4.79 Å². The van der Waals surface area contributed by atoms with E-state index in [9.17, 15) is 4.79 Å². The molecule has 0 fully saturated rings. The molecule has 0 radical (unpaired) electrons. The molecule has 0 bridgehead atoms. The van der Waals surface area contributed by atoms with Crippen LogP contribution >= 0.6 is 11.8 Å². The molecule has 1 N–H and O–H groups in total. The number of amidine groups is 2. The number of methoxy groups -OCH3 is 2. The second kappa shape index (κ2) is 6.48. The number of ether oxygens (including phenoxy) is 2. The molecule has 0 aromatic heterocycles. The third-order valence-electron chi connectivity index (χ3n) is 3.54. The number of hydrogen-bond donors (Lipinski definition) is 1. The lowest BCUT2D eigenvalue weighted by Gasteiger charge is -2.20. The minimum Gasteiger partial charge on any atom is -0.497 e. The maximum Gasteiger partial charge on any atom is 0.283 e. The van der Waals surface area contributed by atoms with Gasteiger partial charge in [0, 0.05) is 5.56 Å². The van der Waals surface area contributed by atoms with Crippen LogP contribution in [0.2, 0.25) is 0 Å². The van der Waals surface area contributed by atoms with E-state index in [1.165, 1.54) is 16.8 Å². The summed E-state index contributed by atoms with van der Waals surface area (Å²) < 4.78 is 10.5. The number of aliphatic imine (C=N–C) groups is 1. The average molecular weight is 344 g/mol. The van der Waals surface area contributed by atoms with E-state index < -0.39 is 5.91 Å². The first-order valence-corrected chi connectivity index (χ1v) is 8.10. The highest BCUT2D eigenvalue weighted by molar-refractivity contribution is 8.26. The number of rotatable bonds is 4. The van der Waals surface area contributed by atoms with Crippen molar-refractivity contribution in [3.8, 4) is 11.5 Å². The summed E-state index contributed by atoms with van der Waals surface area (Å²) in [5, 5.41) is 15.3. The zero-order valence-electron chi connectivity index (χ0n) is 13.5. The molecule has 1 aromatic carbocycles. The summed E-state index contributed by atoms with van der Waals surface area (Å²) in [5.41, 5.74) is 0.794. The van der Waals surface area contributed by atoms with Crippen molar-refractivity contribution in [2.24, 2.45) is 10.1 Å². The van der Waals surface area contributed by atoms with Gasteiger partial charge in [0.1, 0.15) is 16.5 Å². The summed E-state index contributed by atoms with van der Waals surface area (Å²) in [6, 6.07) is 5.25. The fourth-order valence-corrected chi connectivity index (χ4v) is 3.11. The first-order valence-electron chi connectivity index (χ1n) is 7.28. The number of carbonyl (C=O) groups excluding carboxylic acids is 1. The summed E-state index contributed by atoms with van der Waals surface area (Å²) in [5.74, 6) is 0.749. The van der Waals surface area contributed by atoms with E-state index >= 15 is 0 Å². The van der Waals surface area contributed by atoms with E-state index in [0.717, 1.165) is 11.5 Å². The van der Waals surface area contributed by atoms with Crippen LogP contribution < -0.4 is 9.47 Å². The molecule has 124 valence electrons. The number of hydrazone groups is 1. The van der Waals surface area contributed by atoms with Crippen LogP contribution in [0, 0.1) is 5.41 Å². The molecule has 3 rings (SSSR count). The SMILES string of the molecule is CCC1=NN2C(=N)C(=Cc3cc(OC)ccc3OC)C(=O)N=C2S1. The highest BCUT2D eigenvalue weighted by atomic mass is 32.2. The fraction of sp³-hybridized carbons (Fsp3) is 0.250. The summed E-state index contributed by atoms with van der Waals surface area (Å²) in [4.78, 5) is 16.4. The van der Waals surface area contributed by atoms with Crippen LogP contribution in [0.15, 0.2) is 33.9 Å². The predicted octanol–water partition coefficient (Wildman–Crippen LogP) is 2.73. The second-order valence-corrected chi connectivity index (χ2v) is 6.02. The topological polar surface area (TPSA) is 87.3 Å². The van der Waals surface area contributed by atoms with E-state index in [1.54, 1.807) is 38.5 Å². The minimum atomic E-state index is -0.462. The molecule has 24 heavy (non-hydrogen) atoms. The third kappa shape index (κ3) is 2.80. The summed E-state index contributed by atoms with van der Waals surface area (Å²) in [7, 11) is 3.11. The second-order valence-electron chi connectivity index (χ2n) is 4.98. The summed E-state index contributed by atoms with van der Waals surface area (Å²) in [6.45, 7) is 1.97. The summed E-state index contributed by atoms with van der Waals surface area (Å²) >= 11 is 1.32. The van der Waals surface area contributed by atoms with Crippen LogP contribution in [-0.4, -0.2) is 41.2 Å². The Balaban J connectivity index is 2.04. The van der Waals surface area contributed by atoms with E-state index in [-0.39, 0.29) is 11.4 Å². The van der Waals surface area contributed by atoms with Gasteiger partial charge in [0.15, 0.2) is 5.84 Å². The Morgan fingerprint density at radius 1 is 1.33 bits per heavy atom. The van der Waals surface area contributed by atoms with Crippen molar-refractivity contribution in [3.63, 3.8) is 0 Å². The van der Waals surface area contributed by atoms with Crippen molar-refractivity contribution in [3.05, 3.63) is 29.3 Å². The number of nitrogens with zero attached hydrogens (tertiary/aromatic N) is 3. The highest BCUT2D eigenvalue weighted by Crippen LogP contribution is 2.31. The van der Waals surface area contributed by atoms with Crippen LogP contribution in [0.25, 0.3) is 6.08 Å². The first-order chi connectivity index (χ1) is 11.6. The minimum absolute atomic E-state index is 0.00539. The lowest BCUT2D eigenvalue weighted by atomic mass is 10.1. The molecular formula is C16H16N4O3S. The zero-order chi connectivity index (χ0) is 17.3. The Morgan fingerprint density at radius 3 is 2.79 bits per heavy atom. The molecule has 0 saturated carbocycles. The molecule has 0 aliphatic carbocycles. The van der Waals surface area contributed by atoms with Gasteiger partial charge in [0.05, 0.1) is 19.8 Å². The van der Waals surface area contributed by atoms with Crippen LogP contribution in [0.1, 0.15) is 18.9 Å². The Labute approximate surface area is 143 Å². The molecular weight excluding hydrogens is 328 g/mol. The number of amides is 1. The molecule has 8 heteroatoms. The molecule has 0 unspecified atom stereocenters. The van der Waals surface area contributed by atoms with Gasteiger partial charge in [-0.2, -0.15) is 15.1 Å². The molecule has 1 aromatic rings. The van der Waals surface area contributed by atoms with Crippen molar-refractivity contribution in [2.75, 3.05) is 14.2 Å². The Morgan fingerprint density at radius 2 is 2.12 bits per heavy atom. The molecule has 1 amide bonds. The van der Waals surface area contributed by atoms with Crippen molar-refractivity contribution in [1.29, 1.82) is 5.41 Å². The van der Waals surface area contributed by atoms with Gasteiger partial charge >= 0.3 is 0 Å². The smallest absolute Gasteiger partial charge is 0.283 e. The first kappa shape index (κ1) is 16.3. The van der Waals surface area contributed by atoms with Crippen molar-refractivity contribution >= 4 is 39.8 Å². The van der Waals surface area contributed by atoms with Crippen molar-refractivity contribution in [1.82, 2.24) is 5.01 Å². The molecule has 2 aliphatic heterocycles. The van der Waals surface area contributed by atoms with Gasteiger partial charge < -0.3 is 9.47 Å². The van der Waals surface area contributed by atoms with E-state index in [0.29, 0.717) is 22.2 Å². The fourth-order valence-electron chi connectivity index (χ4n) is 2.28. The lowest BCUT2D eigenvalue weighted by Crippen LogP contribution is -2.35. The normalized spacial score (nSPS) is 18.5. The molecule has 2 heterocycles. The van der Waals surface area contributed by atoms with E-state index in [4.69, 9.17) is 14.9 Å². The van der Waals surface area contributed by atoms with E-state index in [1.807, 2.05) is 6.92 Å². The number of nitrogens with one attached hydrogen (secondary N) is 1. The largest absolute Gasteiger partial charge is 0.497 e. The highest BCUT2D eigenvalue weighted by Gasteiger charge is 2.35. The predicted molar refractivity (Wildman–Crippen MR) is 94.8 cm³/mol. The van der Waals surface area contributed by atoms with Crippen molar-refractivity contribution < 1.29 is 14.3 Å². The molecule has 7 nitrogen and oxygen atoms in total. The van der Waals surface area contributed by atoms with Crippen LogP contribution in [0.3, 0.4) is 0 Å². The van der Waals surface area contributed by atoms with Crippen LogP contribution in [0.5, 0.6) is 11.5 Å². The van der Waals surface area contributed by atoms with Crippen molar-refractivity contribution in [2.45, 2.75) is 13.3 Å². The number of hydrogen-bond acceptors (Lipinski definition) is 6. The monoisotopic (exact) mass is 344 g/mol.